The molecule has 1 aromatic rings. The molecule has 2 rings (SSSR count). The fourth-order valence-corrected chi connectivity index (χ4v) is 3.26. The lowest BCUT2D eigenvalue weighted by Crippen LogP contribution is -2.47. The molecule has 0 radical (unpaired) electrons. The molecule has 1 aromatic carbocycles. The summed E-state index contributed by atoms with van der Waals surface area (Å²) in [5.41, 5.74) is 9.11. The summed E-state index contributed by atoms with van der Waals surface area (Å²) in [6.45, 7) is 2.95. The monoisotopic (exact) mass is 232 g/mol. The SMILES string of the molecule is Cc1cccc(C(N(C)C)C2(CN)CCC2)c1. The third kappa shape index (κ3) is 2.24. The van der Waals surface area contributed by atoms with Crippen molar-refractivity contribution in [2.45, 2.75) is 32.2 Å². The number of aryl methyl sites for hydroxylation is 1. The molecule has 1 saturated carbocycles. The highest BCUT2D eigenvalue weighted by Gasteiger charge is 2.44. The van der Waals surface area contributed by atoms with Gasteiger partial charge in [-0.05, 0) is 46.0 Å². The summed E-state index contributed by atoms with van der Waals surface area (Å²) in [5.74, 6) is 0. The quantitative estimate of drug-likeness (QED) is 0.865. The van der Waals surface area contributed by atoms with E-state index in [-0.39, 0.29) is 0 Å². The van der Waals surface area contributed by atoms with Crippen molar-refractivity contribution in [1.29, 1.82) is 0 Å². The Morgan fingerprint density at radius 2 is 2.06 bits per heavy atom. The van der Waals surface area contributed by atoms with Crippen molar-refractivity contribution in [2.75, 3.05) is 20.6 Å². The molecule has 94 valence electrons. The van der Waals surface area contributed by atoms with Gasteiger partial charge in [-0.3, -0.25) is 0 Å². The van der Waals surface area contributed by atoms with Gasteiger partial charge < -0.3 is 10.6 Å². The molecule has 0 aliphatic heterocycles. The molecule has 17 heavy (non-hydrogen) atoms. The minimum atomic E-state index is 0.303. The summed E-state index contributed by atoms with van der Waals surface area (Å²) >= 11 is 0. The van der Waals surface area contributed by atoms with Crippen molar-refractivity contribution in [3.8, 4) is 0 Å². The molecule has 1 atom stereocenters. The maximum atomic E-state index is 6.06. The van der Waals surface area contributed by atoms with Crippen LogP contribution < -0.4 is 5.73 Å². The zero-order valence-corrected chi connectivity index (χ0v) is 11.2. The van der Waals surface area contributed by atoms with E-state index in [1.807, 2.05) is 0 Å². The van der Waals surface area contributed by atoms with Crippen molar-refractivity contribution >= 4 is 0 Å². The van der Waals surface area contributed by atoms with Crippen LogP contribution in [0.25, 0.3) is 0 Å². The first-order chi connectivity index (χ1) is 8.09. The first-order valence-corrected chi connectivity index (χ1v) is 6.52. The van der Waals surface area contributed by atoms with E-state index in [0.717, 1.165) is 6.54 Å². The van der Waals surface area contributed by atoms with Gasteiger partial charge in [-0.15, -0.1) is 0 Å². The van der Waals surface area contributed by atoms with Crippen molar-refractivity contribution in [3.63, 3.8) is 0 Å². The van der Waals surface area contributed by atoms with Crippen molar-refractivity contribution in [1.82, 2.24) is 4.90 Å². The molecule has 0 aromatic heterocycles. The molecule has 0 bridgehead atoms. The van der Waals surface area contributed by atoms with Gasteiger partial charge in [-0.1, -0.05) is 36.2 Å². The molecule has 1 unspecified atom stereocenters. The highest BCUT2D eigenvalue weighted by Crippen LogP contribution is 2.51. The summed E-state index contributed by atoms with van der Waals surface area (Å²) in [6, 6.07) is 9.32. The van der Waals surface area contributed by atoms with Crippen LogP contribution in [-0.4, -0.2) is 25.5 Å². The first kappa shape index (κ1) is 12.6. The fourth-order valence-electron chi connectivity index (χ4n) is 3.26. The van der Waals surface area contributed by atoms with Crippen LogP contribution in [0.2, 0.25) is 0 Å². The van der Waals surface area contributed by atoms with Crippen LogP contribution in [-0.2, 0) is 0 Å². The van der Waals surface area contributed by atoms with Gasteiger partial charge >= 0.3 is 0 Å². The zero-order valence-electron chi connectivity index (χ0n) is 11.2. The molecule has 0 spiro atoms. The highest BCUT2D eigenvalue weighted by molar-refractivity contribution is 5.27. The van der Waals surface area contributed by atoms with Gasteiger partial charge in [0, 0.05) is 11.5 Å². The van der Waals surface area contributed by atoms with E-state index in [2.05, 4.69) is 50.2 Å². The zero-order chi connectivity index (χ0) is 12.5. The van der Waals surface area contributed by atoms with E-state index >= 15 is 0 Å². The molecular formula is C15H24N2. The Morgan fingerprint density at radius 3 is 2.47 bits per heavy atom. The van der Waals surface area contributed by atoms with Gasteiger partial charge in [0.15, 0.2) is 0 Å². The number of nitrogens with zero attached hydrogens (tertiary/aromatic N) is 1. The fraction of sp³-hybridized carbons (Fsp3) is 0.600. The summed E-state index contributed by atoms with van der Waals surface area (Å²) in [7, 11) is 4.34. The number of nitrogens with two attached hydrogens (primary N) is 1. The first-order valence-electron chi connectivity index (χ1n) is 6.52. The Hall–Kier alpha value is -0.860. The van der Waals surface area contributed by atoms with E-state index in [1.165, 1.54) is 30.4 Å². The molecule has 1 aliphatic carbocycles. The van der Waals surface area contributed by atoms with Crippen molar-refractivity contribution < 1.29 is 0 Å². The minimum absolute atomic E-state index is 0.303. The van der Waals surface area contributed by atoms with Crippen LogP contribution in [0.4, 0.5) is 0 Å². The van der Waals surface area contributed by atoms with Crippen LogP contribution >= 0.6 is 0 Å². The average Bonchev–Trinajstić information content (AvgIpc) is 2.22. The van der Waals surface area contributed by atoms with Gasteiger partial charge in [-0.2, -0.15) is 0 Å². The molecule has 0 saturated heterocycles. The van der Waals surface area contributed by atoms with Crippen LogP contribution in [0.5, 0.6) is 0 Å². The second-order valence-electron chi connectivity index (χ2n) is 5.70. The summed E-state index contributed by atoms with van der Waals surface area (Å²) < 4.78 is 0. The van der Waals surface area contributed by atoms with Gasteiger partial charge in [0.25, 0.3) is 0 Å². The standard InChI is InChI=1S/C15H24N2/c1-12-6-4-7-13(10-12)14(17(2)3)15(11-16)8-5-9-15/h4,6-7,10,14H,5,8-9,11,16H2,1-3H3. The Bertz CT molecular complexity index is 375. The molecule has 1 aliphatic rings. The maximum absolute atomic E-state index is 6.06. The summed E-state index contributed by atoms with van der Waals surface area (Å²) in [6.07, 6.45) is 3.86. The number of hydrogen-bond donors (Lipinski definition) is 1. The maximum Gasteiger partial charge on any atom is 0.0410 e. The topological polar surface area (TPSA) is 29.3 Å². The predicted octanol–water partition coefficient (Wildman–Crippen LogP) is 2.73. The lowest BCUT2D eigenvalue weighted by atomic mass is 9.62. The van der Waals surface area contributed by atoms with Gasteiger partial charge in [0.05, 0.1) is 0 Å². The third-order valence-corrected chi connectivity index (χ3v) is 4.21. The van der Waals surface area contributed by atoms with E-state index in [4.69, 9.17) is 5.73 Å². The lowest BCUT2D eigenvalue weighted by molar-refractivity contribution is 0.0281. The minimum Gasteiger partial charge on any atom is -0.330 e. The van der Waals surface area contributed by atoms with Crippen molar-refractivity contribution in [3.05, 3.63) is 35.4 Å². The van der Waals surface area contributed by atoms with E-state index < -0.39 is 0 Å². The Kier molecular flexibility index (Phi) is 3.55. The van der Waals surface area contributed by atoms with Crippen LogP contribution in [0.15, 0.2) is 24.3 Å². The molecular weight excluding hydrogens is 208 g/mol. The van der Waals surface area contributed by atoms with Gasteiger partial charge in [0.2, 0.25) is 0 Å². The summed E-state index contributed by atoms with van der Waals surface area (Å²) in [4.78, 5) is 2.33. The van der Waals surface area contributed by atoms with Crippen molar-refractivity contribution in [2.24, 2.45) is 11.1 Å². The molecule has 2 N–H and O–H groups in total. The number of hydrogen-bond acceptors (Lipinski definition) is 2. The number of benzene rings is 1. The molecule has 2 heteroatoms. The lowest BCUT2D eigenvalue weighted by Gasteiger charge is -2.50. The van der Waals surface area contributed by atoms with Crippen LogP contribution in [0.1, 0.15) is 36.4 Å². The Morgan fingerprint density at radius 1 is 1.35 bits per heavy atom. The second kappa shape index (κ2) is 4.79. The van der Waals surface area contributed by atoms with Crippen LogP contribution in [0.3, 0.4) is 0 Å². The third-order valence-electron chi connectivity index (χ3n) is 4.21. The highest BCUT2D eigenvalue weighted by atomic mass is 15.1. The molecule has 1 fully saturated rings. The molecule has 2 nitrogen and oxygen atoms in total. The van der Waals surface area contributed by atoms with E-state index in [0.29, 0.717) is 11.5 Å². The molecule has 0 amide bonds. The number of rotatable bonds is 4. The van der Waals surface area contributed by atoms with E-state index in [9.17, 15) is 0 Å². The normalized spacial score (nSPS) is 20.1. The predicted molar refractivity (Wildman–Crippen MR) is 72.9 cm³/mol. The van der Waals surface area contributed by atoms with E-state index in [1.54, 1.807) is 0 Å². The largest absolute Gasteiger partial charge is 0.330 e. The van der Waals surface area contributed by atoms with Gasteiger partial charge in [-0.25, -0.2) is 0 Å². The summed E-state index contributed by atoms with van der Waals surface area (Å²) in [5, 5.41) is 0. The molecule has 0 heterocycles. The van der Waals surface area contributed by atoms with Crippen LogP contribution in [0, 0.1) is 12.3 Å². The Balaban J connectivity index is 2.35. The average molecular weight is 232 g/mol. The smallest absolute Gasteiger partial charge is 0.0410 e. The van der Waals surface area contributed by atoms with Gasteiger partial charge in [0.1, 0.15) is 0 Å². The second-order valence-corrected chi connectivity index (χ2v) is 5.70. The Labute approximate surface area is 105 Å².